The average molecular weight is 479 g/mol. The lowest BCUT2D eigenvalue weighted by Gasteiger charge is -2.27. The van der Waals surface area contributed by atoms with Crippen LogP contribution >= 0.6 is 12.2 Å². The number of hydrogen-bond donors (Lipinski definition) is 2. The number of nitrogens with one attached hydrogen (secondary N) is 2. The molecule has 0 amide bonds. The Hall–Kier alpha value is -2.20. The van der Waals surface area contributed by atoms with Crippen LogP contribution in [0.4, 0.5) is 5.69 Å². The summed E-state index contributed by atoms with van der Waals surface area (Å²) in [5.74, 6) is 0.817. The Morgan fingerprint density at radius 3 is 2.38 bits per heavy atom. The van der Waals surface area contributed by atoms with E-state index in [0.29, 0.717) is 30.4 Å². The highest BCUT2D eigenvalue weighted by molar-refractivity contribution is 7.89. The summed E-state index contributed by atoms with van der Waals surface area (Å²) in [6.45, 7) is 6.97. The number of methoxy groups -OCH3 is 1. The van der Waals surface area contributed by atoms with Crippen LogP contribution in [0.3, 0.4) is 0 Å². The van der Waals surface area contributed by atoms with Crippen LogP contribution in [0.2, 0.25) is 0 Å². The molecule has 2 rings (SSSR count). The molecule has 2 N–H and O–H groups in total. The minimum absolute atomic E-state index is 0.0291. The van der Waals surface area contributed by atoms with Crippen molar-refractivity contribution < 1.29 is 13.2 Å². The van der Waals surface area contributed by atoms with Crippen molar-refractivity contribution in [3.8, 4) is 5.75 Å². The standard InChI is InChI=1S/C23H34N4O3S2/c1-7-27(8-2)32(28,29)18-14-13-17(3)20(15-18)25-23(31)24-16-21(26(4)5)19-11-9-10-12-22(19)30-6/h9-15,21H,7-8,16H2,1-6H3,(H2,24,25,31). The molecule has 176 valence electrons. The fraction of sp³-hybridized carbons (Fsp3) is 0.435. The van der Waals surface area contributed by atoms with Gasteiger partial charge in [0.05, 0.1) is 18.0 Å². The van der Waals surface area contributed by atoms with Crippen molar-refractivity contribution in [2.45, 2.75) is 31.7 Å². The van der Waals surface area contributed by atoms with Gasteiger partial charge in [-0.2, -0.15) is 4.31 Å². The highest BCUT2D eigenvalue weighted by atomic mass is 32.2. The van der Waals surface area contributed by atoms with E-state index in [2.05, 4.69) is 15.5 Å². The van der Waals surface area contributed by atoms with Gasteiger partial charge in [-0.15, -0.1) is 0 Å². The maximum absolute atomic E-state index is 12.9. The van der Waals surface area contributed by atoms with Gasteiger partial charge in [-0.1, -0.05) is 38.1 Å². The number of ether oxygens (including phenoxy) is 1. The van der Waals surface area contributed by atoms with E-state index in [9.17, 15) is 8.42 Å². The van der Waals surface area contributed by atoms with Crippen LogP contribution in [0, 0.1) is 6.92 Å². The summed E-state index contributed by atoms with van der Waals surface area (Å²) in [5, 5.41) is 6.84. The summed E-state index contributed by atoms with van der Waals surface area (Å²) in [7, 11) is 2.11. The van der Waals surface area contributed by atoms with Crippen molar-refractivity contribution in [2.75, 3.05) is 46.2 Å². The molecule has 0 radical (unpaired) electrons. The lowest BCUT2D eigenvalue weighted by Crippen LogP contribution is -2.37. The summed E-state index contributed by atoms with van der Waals surface area (Å²) in [5.41, 5.74) is 2.62. The number of rotatable bonds is 10. The maximum Gasteiger partial charge on any atom is 0.243 e. The summed E-state index contributed by atoms with van der Waals surface area (Å²) >= 11 is 5.51. The molecule has 0 aliphatic heterocycles. The summed E-state index contributed by atoms with van der Waals surface area (Å²) < 4.78 is 32.7. The molecule has 2 aromatic rings. The van der Waals surface area contributed by atoms with Crippen molar-refractivity contribution >= 4 is 33.0 Å². The Kier molecular flexibility index (Phi) is 9.45. The van der Waals surface area contributed by atoms with Crippen molar-refractivity contribution in [2.24, 2.45) is 0 Å². The topological polar surface area (TPSA) is 73.9 Å². The molecule has 9 heteroatoms. The maximum atomic E-state index is 12.9. The predicted octanol–water partition coefficient (Wildman–Crippen LogP) is 3.62. The van der Waals surface area contributed by atoms with Crippen molar-refractivity contribution in [1.29, 1.82) is 0 Å². The van der Waals surface area contributed by atoms with E-state index < -0.39 is 10.0 Å². The number of thiocarbonyl (C=S) groups is 1. The Morgan fingerprint density at radius 1 is 1.12 bits per heavy atom. The first-order valence-electron chi connectivity index (χ1n) is 10.6. The van der Waals surface area contributed by atoms with Gasteiger partial charge in [0.25, 0.3) is 0 Å². The van der Waals surface area contributed by atoms with E-state index in [1.807, 2.05) is 59.1 Å². The first kappa shape index (κ1) is 26.1. The van der Waals surface area contributed by atoms with Gasteiger partial charge < -0.3 is 20.3 Å². The van der Waals surface area contributed by atoms with Crippen LogP contribution in [0.5, 0.6) is 5.75 Å². The Bertz CT molecular complexity index is 1020. The van der Waals surface area contributed by atoms with E-state index in [4.69, 9.17) is 17.0 Å². The predicted molar refractivity (Wildman–Crippen MR) is 135 cm³/mol. The van der Waals surface area contributed by atoms with Gasteiger partial charge in [0.2, 0.25) is 10.0 Å². The molecule has 0 fully saturated rings. The summed E-state index contributed by atoms with van der Waals surface area (Å²) in [6.07, 6.45) is 0. The summed E-state index contributed by atoms with van der Waals surface area (Å²) in [4.78, 5) is 2.34. The molecule has 0 saturated carbocycles. The molecule has 0 heterocycles. The average Bonchev–Trinajstić information content (AvgIpc) is 2.76. The molecule has 2 aromatic carbocycles. The van der Waals surface area contributed by atoms with E-state index in [1.54, 1.807) is 25.3 Å². The van der Waals surface area contributed by atoms with Crippen molar-refractivity contribution in [1.82, 2.24) is 14.5 Å². The molecule has 0 aliphatic carbocycles. The fourth-order valence-electron chi connectivity index (χ4n) is 3.48. The number of benzene rings is 2. The van der Waals surface area contributed by atoms with Crippen LogP contribution in [-0.2, 0) is 10.0 Å². The number of nitrogens with zero attached hydrogens (tertiary/aromatic N) is 2. The molecule has 32 heavy (non-hydrogen) atoms. The first-order valence-corrected chi connectivity index (χ1v) is 12.4. The monoisotopic (exact) mass is 478 g/mol. The molecule has 0 aliphatic rings. The number of para-hydroxylation sites is 1. The Morgan fingerprint density at radius 2 is 1.78 bits per heavy atom. The number of aryl methyl sites for hydroxylation is 1. The SMILES string of the molecule is CCN(CC)S(=O)(=O)c1ccc(C)c(NC(=S)NCC(c2ccccc2OC)N(C)C)c1. The molecule has 0 bridgehead atoms. The van der Waals surface area contributed by atoms with E-state index in [0.717, 1.165) is 16.9 Å². The van der Waals surface area contributed by atoms with Crippen molar-refractivity contribution in [3.63, 3.8) is 0 Å². The fourth-order valence-corrected chi connectivity index (χ4v) is 5.16. The van der Waals surface area contributed by atoms with Crippen LogP contribution in [0.1, 0.15) is 31.0 Å². The molecular formula is C23H34N4O3S2. The Balaban J connectivity index is 2.17. The van der Waals surface area contributed by atoms with Gasteiger partial charge >= 0.3 is 0 Å². The first-order chi connectivity index (χ1) is 15.1. The van der Waals surface area contributed by atoms with Gasteiger partial charge in [0.1, 0.15) is 5.75 Å². The largest absolute Gasteiger partial charge is 0.496 e. The normalized spacial score (nSPS) is 12.6. The third-order valence-corrected chi connectivity index (χ3v) is 7.67. The lowest BCUT2D eigenvalue weighted by atomic mass is 10.0. The molecule has 0 aromatic heterocycles. The number of hydrogen-bond acceptors (Lipinski definition) is 5. The molecule has 7 nitrogen and oxygen atoms in total. The van der Waals surface area contributed by atoms with Crippen LogP contribution in [0.25, 0.3) is 0 Å². The second kappa shape index (κ2) is 11.6. The van der Waals surface area contributed by atoms with Crippen LogP contribution in [-0.4, -0.2) is 63.6 Å². The zero-order chi connectivity index (χ0) is 23.9. The zero-order valence-electron chi connectivity index (χ0n) is 19.7. The van der Waals surface area contributed by atoms with E-state index >= 15 is 0 Å². The van der Waals surface area contributed by atoms with Gasteiger partial charge in [0.15, 0.2) is 5.11 Å². The zero-order valence-corrected chi connectivity index (χ0v) is 21.3. The highest BCUT2D eigenvalue weighted by Gasteiger charge is 2.23. The molecule has 1 unspecified atom stereocenters. The van der Waals surface area contributed by atoms with E-state index in [-0.39, 0.29) is 10.9 Å². The molecule has 1 atom stereocenters. The minimum atomic E-state index is -3.55. The second-order valence-electron chi connectivity index (χ2n) is 7.62. The smallest absolute Gasteiger partial charge is 0.243 e. The lowest BCUT2D eigenvalue weighted by molar-refractivity contribution is 0.288. The minimum Gasteiger partial charge on any atom is -0.496 e. The second-order valence-corrected chi connectivity index (χ2v) is 9.97. The van der Waals surface area contributed by atoms with Gasteiger partial charge in [-0.25, -0.2) is 8.42 Å². The molecule has 0 saturated heterocycles. The van der Waals surface area contributed by atoms with Crippen molar-refractivity contribution in [3.05, 3.63) is 53.6 Å². The number of likely N-dealkylation sites (N-methyl/N-ethyl adjacent to an activating group) is 1. The number of anilines is 1. The Labute approximate surface area is 197 Å². The third-order valence-electron chi connectivity index (χ3n) is 5.38. The molecule has 0 spiro atoms. The summed E-state index contributed by atoms with van der Waals surface area (Å²) in [6, 6.07) is 13.0. The highest BCUT2D eigenvalue weighted by Crippen LogP contribution is 2.27. The number of sulfonamides is 1. The van der Waals surface area contributed by atoms with Crippen LogP contribution < -0.4 is 15.4 Å². The van der Waals surface area contributed by atoms with Gasteiger partial charge in [0, 0.05) is 30.9 Å². The quantitative estimate of drug-likeness (QED) is 0.505. The molecular weight excluding hydrogens is 444 g/mol. The van der Waals surface area contributed by atoms with Gasteiger partial charge in [-0.05, 0) is 57.0 Å². The third kappa shape index (κ3) is 6.19. The van der Waals surface area contributed by atoms with Gasteiger partial charge in [-0.3, -0.25) is 0 Å². The van der Waals surface area contributed by atoms with Crippen LogP contribution in [0.15, 0.2) is 47.4 Å². The van der Waals surface area contributed by atoms with E-state index in [1.165, 1.54) is 4.31 Å².